The molecule has 0 radical (unpaired) electrons. The number of hydrogen-bond acceptors (Lipinski definition) is 14. The number of aromatic nitrogens is 4. The number of aromatic amines is 1. The monoisotopic (exact) mass is 913 g/mol. The maximum absolute atomic E-state index is 13.5. The minimum Gasteiger partial charge on any atom is -0.497 e. The summed E-state index contributed by atoms with van der Waals surface area (Å²) in [6, 6.07) is 27.5. The fraction of sp³-hybridized carbons (Fsp3) is 0.468. The second kappa shape index (κ2) is 22.8. The van der Waals surface area contributed by atoms with Crippen molar-refractivity contribution in [3.8, 4) is 17.6 Å². The molecular formula is C47H60N7O10P. The molecule has 0 bridgehead atoms. The van der Waals surface area contributed by atoms with Crippen LogP contribution in [-0.4, -0.2) is 108 Å². The number of imidazole rings is 1. The van der Waals surface area contributed by atoms with E-state index in [2.05, 4.69) is 58.7 Å². The lowest BCUT2D eigenvalue weighted by atomic mass is 9.79. The van der Waals surface area contributed by atoms with Crippen molar-refractivity contribution < 1.29 is 42.3 Å². The number of nitrogens with one attached hydrogen (secondary N) is 2. The van der Waals surface area contributed by atoms with E-state index in [1.54, 1.807) is 39.7 Å². The highest BCUT2D eigenvalue weighted by Gasteiger charge is 2.53. The highest BCUT2D eigenvalue weighted by atomic mass is 31.2. The van der Waals surface area contributed by atoms with Gasteiger partial charge in [0.25, 0.3) is 14.1 Å². The SMILES string of the molecule is COCCOC1[C@@H](OC(c2ccccc2)(c2ccc(OC)cc2)c2ccc(OC)cc2)[C@@H](COP(OCCC#N)N(C(C)C)C(C)C)O[C@H]1n1cnc2c(=O)[nH]c(NC(=O)C(C)C)nc21. The van der Waals surface area contributed by atoms with Crippen LogP contribution in [0.3, 0.4) is 0 Å². The number of amides is 1. The molecule has 3 aromatic carbocycles. The van der Waals surface area contributed by atoms with Crippen LogP contribution in [-0.2, 0) is 38.4 Å². The number of ether oxygens (including phenoxy) is 6. The van der Waals surface area contributed by atoms with Crippen LogP contribution >= 0.6 is 8.53 Å². The van der Waals surface area contributed by atoms with Crippen LogP contribution in [0, 0.1) is 17.2 Å². The average Bonchev–Trinajstić information content (AvgIpc) is 3.88. The fourth-order valence-corrected chi connectivity index (χ4v) is 9.39. The lowest BCUT2D eigenvalue weighted by Gasteiger charge is -2.41. The molecule has 5 atom stereocenters. The average molecular weight is 914 g/mol. The molecule has 0 spiro atoms. The number of H-pyrrole nitrogens is 1. The van der Waals surface area contributed by atoms with Crippen LogP contribution in [0.25, 0.3) is 11.2 Å². The molecule has 1 fully saturated rings. The highest BCUT2D eigenvalue weighted by Crippen LogP contribution is 2.50. The van der Waals surface area contributed by atoms with Gasteiger partial charge in [-0.1, -0.05) is 68.4 Å². The van der Waals surface area contributed by atoms with E-state index in [1.165, 1.54) is 6.33 Å². The lowest BCUT2D eigenvalue weighted by molar-refractivity contribution is -0.128. The van der Waals surface area contributed by atoms with Crippen molar-refractivity contribution in [2.45, 2.75) is 90.2 Å². The smallest absolute Gasteiger partial charge is 0.280 e. The number of benzene rings is 3. The number of fused-ring (bicyclic) bond motifs is 1. The van der Waals surface area contributed by atoms with Crippen molar-refractivity contribution in [1.82, 2.24) is 24.2 Å². The van der Waals surface area contributed by atoms with Gasteiger partial charge in [0, 0.05) is 25.1 Å². The molecule has 2 N–H and O–H groups in total. The van der Waals surface area contributed by atoms with Gasteiger partial charge >= 0.3 is 0 Å². The van der Waals surface area contributed by atoms with Gasteiger partial charge in [-0.05, 0) is 68.7 Å². The molecule has 2 unspecified atom stereocenters. The summed E-state index contributed by atoms with van der Waals surface area (Å²) < 4.78 is 55.3. The first-order valence-electron chi connectivity index (χ1n) is 21.6. The molecule has 1 saturated heterocycles. The standard InChI is InChI=1S/C47H60N7O10P/c1-30(2)43(55)51-46-50-42-39(44(56)52-46)49-29-53(42)45-41(60-27-26-57-7)40(38(63-45)28-62-65(61-25-13-24-48)54(31(3)4)32(5)6)64-47(33-14-11-10-12-15-33,34-16-20-36(58-8)21-17-34)35-18-22-37(59-9)23-19-35/h10-12,14-23,29-32,38,40-41,45H,13,25-28H2,1-9H3,(H2,50,51,52,55,56)/t38-,40+,41?,45-,65?/m1/s1. The van der Waals surface area contributed by atoms with Gasteiger partial charge in [0.15, 0.2) is 17.4 Å². The van der Waals surface area contributed by atoms with Crippen molar-refractivity contribution in [3.63, 3.8) is 0 Å². The number of methoxy groups -OCH3 is 3. The van der Waals surface area contributed by atoms with Gasteiger partial charge in [0.2, 0.25) is 11.9 Å². The molecule has 348 valence electrons. The van der Waals surface area contributed by atoms with Gasteiger partial charge in [-0.3, -0.25) is 24.5 Å². The summed E-state index contributed by atoms with van der Waals surface area (Å²) in [4.78, 5) is 38.1. The Kier molecular flexibility index (Phi) is 17.2. The van der Waals surface area contributed by atoms with E-state index >= 15 is 0 Å². The van der Waals surface area contributed by atoms with Gasteiger partial charge in [-0.25, -0.2) is 9.65 Å². The Balaban J connectivity index is 1.57. The lowest BCUT2D eigenvalue weighted by Crippen LogP contribution is -2.46. The number of anilines is 1. The number of rotatable bonds is 23. The van der Waals surface area contributed by atoms with E-state index in [9.17, 15) is 14.9 Å². The Labute approximate surface area is 381 Å². The zero-order valence-electron chi connectivity index (χ0n) is 38.4. The topological polar surface area (TPSA) is 194 Å². The van der Waals surface area contributed by atoms with Gasteiger partial charge in [0.05, 0.1) is 59.5 Å². The van der Waals surface area contributed by atoms with Crippen LogP contribution in [0.1, 0.15) is 70.9 Å². The number of nitrogens with zero attached hydrogens (tertiary/aromatic N) is 5. The molecule has 65 heavy (non-hydrogen) atoms. The van der Waals surface area contributed by atoms with Gasteiger partial charge in [0.1, 0.15) is 35.4 Å². The summed E-state index contributed by atoms with van der Waals surface area (Å²) in [5.74, 6) is 0.556. The molecule has 17 nitrogen and oxygen atoms in total. The second-order valence-corrected chi connectivity index (χ2v) is 17.7. The first-order chi connectivity index (χ1) is 31.4. The first kappa shape index (κ1) is 49.2. The molecule has 18 heteroatoms. The molecule has 3 heterocycles. The molecule has 0 aliphatic carbocycles. The zero-order valence-corrected chi connectivity index (χ0v) is 39.3. The maximum Gasteiger partial charge on any atom is 0.280 e. The maximum atomic E-state index is 13.5. The predicted molar refractivity (Wildman–Crippen MR) is 245 cm³/mol. The summed E-state index contributed by atoms with van der Waals surface area (Å²) >= 11 is 0. The van der Waals surface area contributed by atoms with Crippen molar-refractivity contribution >= 4 is 31.5 Å². The summed E-state index contributed by atoms with van der Waals surface area (Å²) in [5, 5.41) is 12.1. The van der Waals surface area contributed by atoms with Crippen molar-refractivity contribution in [2.75, 3.05) is 53.1 Å². The van der Waals surface area contributed by atoms with Crippen LogP contribution in [0.5, 0.6) is 11.5 Å². The Bertz CT molecular complexity index is 2330. The number of carbonyl (C=O) groups excluding carboxylic acids is 1. The van der Waals surface area contributed by atoms with Crippen LogP contribution in [0.4, 0.5) is 5.95 Å². The van der Waals surface area contributed by atoms with Crippen LogP contribution in [0.2, 0.25) is 0 Å². The molecule has 0 saturated carbocycles. The summed E-state index contributed by atoms with van der Waals surface area (Å²) in [6.45, 7) is 12.2. The highest BCUT2D eigenvalue weighted by molar-refractivity contribution is 7.44. The number of carbonyl (C=O) groups is 1. The van der Waals surface area contributed by atoms with Crippen LogP contribution in [0.15, 0.2) is 90.0 Å². The molecule has 2 aromatic heterocycles. The van der Waals surface area contributed by atoms with E-state index in [0.29, 0.717) is 11.5 Å². The quantitative estimate of drug-likeness (QED) is 0.0376. The largest absolute Gasteiger partial charge is 0.497 e. The van der Waals surface area contributed by atoms with E-state index in [-0.39, 0.29) is 73.9 Å². The third-order valence-electron chi connectivity index (χ3n) is 10.9. The van der Waals surface area contributed by atoms with Crippen molar-refractivity contribution in [3.05, 3.63) is 112 Å². The summed E-state index contributed by atoms with van der Waals surface area (Å²) in [7, 11) is 3.09. The normalized spacial score (nSPS) is 18.2. The number of nitriles is 1. The zero-order chi connectivity index (χ0) is 46.7. The van der Waals surface area contributed by atoms with E-state index in [4.69, 9.17) is 37.5 Å². The minimum absolute atomic E-state index is 0.0259. The molecular weight excluding hydrogens is 854 g/mol. The van der Waals surface area contributed by atoms with Crippen molar-refractivity contribution in [1.29, 1.82) is 5.26 Å². The predicted octanol–water partition coefficient (Wildman–Crippen LogP) is 7.33. The Hall–Kier alpha value is -5.28. The van der Waals surface area contributed by atoms with Gasteiger partial charge < -0.3 is 37.5 Å². The minimum atomic E-state index is -1.72. The van der Waals surface area contributed by atoms with Crippen LogP contribution < -0.4 is 20.3 Å². The first-order valence-corrected chi connectivity index (χ1v) is 22.8. The third kappa shape index (κ3) is 11.2. The van der Waals surface area contributed by atoms with E-state index in [0.717, 1.165) is 16.7 Å². The fourth-order valence-electron chi connectivity index (χ4n) is 7.77. The molecule has 6 rings (SSSR count). The Morgan fingerprint density at radius 1 is 0.877 bits per heavy atom. The molecule has 1 amide bonds. The summed E-state index contributed by atoms with van der Waals surface area (Å²) in [6.07, 6.45) is -2.12. The Morgan fingerprint density at radius 2 is 1.49 bits per heavy atom. The molecule has 5 aromatic rings. The van der Waals surface area contributed by atoms with E-state index < -0.39 is 44.2 Å². The second-order valence-electron chi connectivity index (χ2n) is 16.2. The van der Waals surface area contributed by atoms with Gasteiger partial charge in [-0.15, -0.1) is 0 Å². The number of hydrogen-bond donors (Lipinski definition) is 2. The summed E-state index contributed by atoms with van der Waals surface area (Å²) in [5.41, 5.74) is 0.625. The van der Waals surface area contributed by atoms with E-state index in [1.807, 2.05) is 78.9 Å². The third-order valence-corrected chi connectivity index (χ3v) is 12.9. The van der Waals surface area contributed by atoms with Gasteiger partial charge in [-0.2, -0.15) is 10.2 Å². The van der Waals surface area contributed by atoms with Crippen molar-refractivity contribution in [2.24, 2.45) is 5.92 Å². The molecule has 1 aliphatic heterocycles. The Morgan fingerprint density at radius 3 is 2.05 bits per heavy atom. The molecule has 1 aliphatic rings.